The predicted molar refractivity (Wildman–Crippen MR) is 247 cm³/mol. The van der Waals surface area contributed by atoms with Crippen LogP contribution in [-0.2, 0) is 40.6 Å². The van der Waals surface area contributed by atoms with Crippen LogP contribution < -0.4 is 21.6 Å². The lowest BCUT2D eigenvalue weighted by molar-refractivity contribution is -0.193. The standard InChI is InChI=1S/C36H50Cl2N8O5S.3C2HF3O2/c1-24(2)33(47)43-46(36(4,5)34(48)45-21-19-44(20-22-45)18-9-7-6-8-17-41-35(39)40)52(49,50)30-16-15-28(37)27(31(30)38)23-51-29-12-10-11-26-14-13-25(3)42-32(26)29;3*3-2(4,5)1(6)7/h10-16,24H,6-9,17-23H2,1-5H3,(H,43,47)(H4,39,40,41);3*(H,6,7). The fourth-order valence-corrected chi connectivity index (χ4v) is 8.32. The second kappa shape index (κ2) is 28.0. The fraction of sp³-hybridized carbons (Fsp3) is 0.500. The Morgan fingerprint density at radius 1 is 0.808 bits per heavy atom. The highest BCUT2D eigenvalue weighted by Crippen LogP contribution is 2.36. The van der Waals surface area contributed by atoms with Crippen molar-refractivity contribution in [1.82, 2.24) is 24.6 Å². The molecular formula is C42H53Cl2F9N8O11S. The molecule has 1 saturated heterocycles. The molecule has 4 rings (SSSR count). The number of benzene rings is 2. The summed E-state index contributed by atoms with van der Waals surface area (Å²) in [5.41, 5.74) is 13.2. The largest absolute Gasteiger partial charge is 0.490 e. The third-order valence-electron chi connectivity index (χ3n) is 9.69. The molecule has 1 aromatic heterocycles. The number of hydrogen-bond acceptors (Lipinski definition) is 11. The van der Waals surface area contributed by atoms with Crippen LogP contribution >= 0.6 is 23.2 Å². The topological polar surface area (TPSA) is 288 Å². The number of hydrogen-bond donors (Lipinski definition) is 6. The number of aliphatic imine (C=N–C) groups is 1. The molecule has 73 heavy (non-hydrogen) atoms. The highest BCUT2D eigenvalue weighted by Gasteiger charge is 2.48. The highest BCUT2D eigenvalue weighted by molar-refractivity contribution is 7.89. The third-order valence-corrected chi connectivity index (χ3v) is 12.5. The maximum Gasteiger partial charge on any atom is 0.490 e. The number of nitrogens with one attached hydrogen (secondary N) is 1. The molecule has 0 spiro atoms. The number of carbonyl (C=O) groups is 5. The van der Waals surface area contributed by atoms with E-state index in [0.29, 0.717) is 44.0 Å². The second-order valence-corrected chi connectivity index (χ2v) is 18.7. The van der Waals surface area contributed by atoms with Gasteiger partial charge in [0.2, 0.25) is 11.8 Å². The van der Waals surface area contributed by atoms with E-state index in [0.717, 1.165) is 47.7 Å². The average Bonchev–Trinajstić information content (AvgIpc) is 3.27. The summed E-state index contributed by atoms with van der Waals surface area (Å²) in [5.74, 6) is -9.31. The number of halogens is 11. The van der Waals surface area contributed by atoms with Crippen LogP contribution in [0.15, 0.2) is 52.4 Å². The molecule has 0 radical (unpaired) electrons. The molecule has 2 heterocycles. The maximum atomic E-state index is 14.5. The van der Waals surface area contributed by atoms with Gasteiger partial charge in [0.1, 0.15) is 28.3 Å². The van der Waals surface area contributed by atoms with Crippen LogP contribution in [0, 0.1) is 12.8 Å². The van der Waals surface area contributed by atoms with Crippen LogP contribution in [0.4, 0.5) is 39.5 Å². The van der Waals surface area contributed by atoms with Crippen molar-refractivity contribution >= 4 is 79.8 Å². The number of unbranched alkanes of at least 4 members (excludes halogenated alkanes) is 3. The zero-order valence-electron chi connectivity index (χ0n) is 39.5. The van der Waals surface area contributed by atoms with E-state index < -0.39 is 69.7 Å². The molecule has 1 aliphatic heterocycles. The van der Waals surface area contributed by atoms with Crippen molar-refractivity contribution in [2.24, 2.45) is 22.4 Å². The van der Waals surface area contributed by atoms with Crippen LogP contribution in [0.1, 0.15) is 64.6 Å². The molecule has 0 bridgehead atoms. The number of ether oxygens (including phenoxy) is 1. The number of aryl methyl sites for hydroxylation is 1. The Morgan fingerprint density at radius 3 is 1.79 bits per heavy atom. The van der Waals surface area contributed by atoms with Crippen molar-refractivity contribution < 1.29 is 92.0 Å². The molecule has 8 N–H and O–H groups in total. The van der Waals surface area contributed by atoms with E-state index in [4.69, 9.17) is 69.1 Å². The number of para-hydroxylation sites is 1. The Balaban J connectivity index is 0.00000106. The number of carboxylic acids is 3. The Morgan fingerprint density at radius 2 is 1.32 bits per heavy atom. The van der Waals surface area contributed by atoms with Gasteiger partial charge in [-0.1, -0.05) is 72.5 Å². The zero-order valence-corrected chi connectivity index (χ0v) is 41.8. The van der Waals surface area contributed by atoms with Crippen LogP contribution in [0.5, 0.6) is 5.75 Å². The first-order valence-corrected chi connectivity index (χ1v) is 23.4. The van der Waals surface area contributed by atoms with Crippen LogP contribution in [0.3, 0.4) is 0 Å². The quantitative estimate of drug-likeness (QED) is 0.0284. The summed E-state index contributed by atoms with van der Waals surface area (Å²) in [5, 5.41) is 22.2. The number of nitrogens with two attached hydrogens (primary N) is 2. The first-order valence-electron chi connectivity index (χ1n) is 21.2. The number of carboxylic acid groups (broad SMARTS) is 3. The monoisotopic (exact) mass is 1120 g/mol. The minimum Gasteiger partial charge on any atom is -0.487 e. The zero-order chi connectivity index (χ0) is 56.4. The normalized spacial score (nSPS) is 13.4. The van der Waals surface area contributed by atoms with Crippen LogP contribution in [0.25, 0.3) is 10.9 Å². The van der Waals surface area contributed by atoms with Crippen molar-refractivity contribution in [3.8, 4) is 5.75 Å². The molecule has 3 aromatic rings. The van der Waals surface area contributed by atoms with E-state index in [1.165, 1.54) is 26.0 Å². The molecule has 0 unspecified atom stereocenters. The maximum absolute atomic E-state index is 14.5. The predicted octanol–water partition coefficient (Wildman–Crippen LogP) is 6.76. The van der Waals surface area contributed by atoms with E-state index >= 15 is 0 Å². The van der Waals surface area contributed by atoms with Gasteiger partial charge < -0.3 is 36.4 Å². The number of aromatic nitrogens is 1. The lowest BCUT2D eigenvalue weighted by Gasteiger charge is -2.42. The van der Waals surface area contributed by atoms with E-state index in [1.54, 1.807) is 24.8 Å². The molecule has 0 saturated carbocycles. The number of amides is 2. The van der Waals surface area contributed by atoms with Crippen molar-refractivity contribution in [2.75, 3.05) is 39.3 Å². The number of guanidine groups is 1. The molecule has 2 aromatic carbocycles. The third kappa shape index (κ3) is 21.2. The van der Waals surface area contributed by atoms with Gasteiger partial charge in [0.15, 0.2) is 5.96 Å². The molecular weight excluding hydrogens is 1070 g/mol. The average molecular weight is 1120 g/mol. The van der Waals surface area contributed by atoms with Crippen molar-refractivity contribution in [3.05, 3.63) is 63.8 Å². The summed E-state index contributed by atoms with van der Waals surface area (Å²) in [7, 11) is -4.64. The summed E-state index contributed by atoms with van der Waals surface area (Å²) in [6, 6.07) is 12.0. The summed E-state index contributed by atoms with van der Waals surface area (Å²) >= 11 is 13.4. The number of sulfonamides is 1. The lowest BCUT2D eigenvalue weighted by atomic mass is 10.0. The van der Waals surface area contributed by atoms with Gasteiger partial charge in [-0.05, 0) is 64.4 Å². The molecule has 19 nitrogen and oxygen atoms in total. The van der Waals surface area contributed by atoms with Gasteiger partial charge >= 0.3 is 36.4 Å². The van der Waals surface area contributed by atoms with Crippen LogP contribution in [-0.4, -0.2) is 142 Å². The number of hydrazine groups is 1. The molecule has 0 aliphatic carbocycles. The number of rotatable bonds is 16. The SMILES string of the molecule is Cc1ccc2cccc(OCc3c(Cl)ccc(S(=O)(=O)N(NC(=O)C(C)C)C(C)(C)C(=O)N4CCN(CCCCCCN=C(N)N)CC4)c3Cl)c2n1.O=C(O)C(F)(F)F.O=C(O)C(F)(F)F.O=C(O)C(F)(F)F. The Labute approximate surface area is 422 Å². The molecule has 31 heteroatoms. The minimum absolute atomic E-state index is 0.105. The molecule has 1 aliphatic rings. The fourth-order valence-electron chi connectivity index (χ4n) is 5.88. The minimum atomic E-state index is -5.08. The van der Waals surface area contributed by atoms with E-state index in [1.807, 2.05) is 31.2 Å². The first kappa shape index (κ1) is 65.1. The van der Waals surface area contributed by atoms with Gasteiger partial charge in [-0.15, -0.1) is 0 Å². The molecule has 2 amide bonds. The van der Waals surface area contributed by atoms with Gasteiger partial charge in [0.05, 0.1) is 5.02 Å². The Bertz CT molecular complexity index is 2470. The van der Waals surface area contributed by atoms with Crippen LogP contribution in [0.2, 0.25) is 10.0 Å². The summed E-state index contributed by atoms with van der Waals surface area (Å²) in [6.45, 7) is 11.5. The number of aliphatic carboxylic acids is 3. The van der Waals surface area contributed by atoms with Gasteiger partial charge in [-0.25, -0.2) is 27.8 Å². The van der Waals surface area contributed by atoms with Crippen molar-refractivity contribution in [1.29, 1.82) is 0 Å². The number of piperazine rings is 1. The van der Waals surface area contributed by atoms with Crippen molar-refractivity contribution in [3.63, 3.8) is 0 Å². The smallest absolute Gasteiger partial charge is 0.487 e. The lowest BCUT2D eigenvalue weighted by Crippen LogP contribution is -2.65. The molecule has 410 valence electrons. The number of nitrogens with zero attached hydrogens (tertiary/aromatic N) is 5. The molecule has 0 atom stereocenters. The van der Waals surface area contributed by atoms with E-state index in [9.17, 15) is 57.5 Å². The number of carbonyl (C=O) groups excluding carboxylic acids is 2. The Kier molecular flexibility index (Phi) is 24.9. The van der Waals surface area contributed by atoms with Gasteiger partial charge in [0.25, 0.3) is 10.0 Å². The van der Waals surface area contributed by atoms with Gasteiger partial charge in [0, 0.05) is 60.3 Å². The highest BCUT2D eigenvalue weighted by atomic mass is 35.5. The van der Waals surface area contributed by atoms with E-state index in [2.05, 4.69) is 20.3 Å². The van der Waals surface area contributed by atoms with Gasteiger partial charge in [-0.2, -0.15) is 39.5 Å². The summed E-state index contributed by atoms with van der Waals surface area (Å²) < 4.78 is 131. The number of fused-ring (bicyclic) bond motifs is 1. The number of alkyl halides is 9. The van der Waals surface area contributed by atoms with Crippen molar-refractivity contribution in [2.45, 2.75) is 95.9 Å². The first-order chi connectivity index (χ1) is 33.4. The summed E-state index contributed by atoms with van der Waals surface area (Å²) in [6.07, 6.45) is -11.3. The van der Waals surface area contributed by atoms with E-state index in [-0.39, 0.29) is 33.1 Å². The number of pyridine rings is 1. The Hall–Kier alpha value is -5.91. The summed E-state index contributed by atoms with van der Waals surface area (Å²) in [4.78, 5) is 66.1. The second-order valence-electron chi connectivity index (χ2n) is 16.1. The molecule has 1 fully saturated rings. The van der Waals surface area contributed by atoms with Gasteiger partial charge in [-0.3, -0.25) is 24.9 Å².